The minimum absolute atomic E-state index is 0.0208. The summed E-state index contributed by atoms with van der Waals surface area (Å²) in [6.45, 7) is 4.84. The zero-order valence-corrected chi connectivity index (χ0v) is 15.1. The largest absolute Gasteiger partial charge is 0.490 e. The van der Waals surface area contributed by atoms with Gasteiger partial charge >= 0.3 is 12.1 Å². The van der Waals surface area contributed by atoms with E-state index < -0.39 is 12.1 Å². The number of carboxylic acid groups (broad SMARTS) is 1. The number of carboxylic acids is 1. The number of nitrogens with zero attached hydrogens (tertiary/aromatic N) is 1. The molecule has 3 atom stereocenters. The molecule has 150 valence electrons. The summed E-state index contributed by atoms with van der Waals surface area (Å²) >= 11 is 0. The molecule has 0 aromatic heterocycles. The van der Waals surface area contributed by atoms with Gasteiger partial charge in [0, 0.05) is 26.7 Å². The van der Waals surface area contributed by atoms with Crippen molar-refractivity contribution in [1.29, 1.82) is 0 Å². The molecule has 2 bridgehead atoms. The Balaban J connectivity index is 0.000000321. The monoisotopic (exact) mass is 388 g/mol. The standard InChI is InChI=1S/C16H22N2O2.C2HF3O2/c1-11-4-3-5-12(6-11)8-18-9-13-7-14(16(19)17-2)15(10-18)20-13;3-2(4,5)1(6)7/h3-6,13-15H,7-10H2,1-2H3,(H,17,19);(H,6,7)/t13-,14+,15-;/m1./s1. The lowest BCUT2D eigenvalue weighted by Crippen LogP contribution is -2.44. The molecule has 3 rings (SSSR count). The smallest absolute Gasteiger partial charge is 0.475 e. The molecule has 2 aliphatic heterocycles. The Morgan fingerprint density at radius 1 is 1.33 bits per heavy atom. The second-order valence-electron chi connectivity index (χ2n) is 6.74. The van der Waals surface area contributed by atoms with Crippen LogP contribution in [0.3, 0.4) is 0 Å². The summed E-state index contributed by atoms with van der Waals surface area (Å²) in [6, 6.07) is 8.62. The van der Waals surface area contributed by atoms with E-state index in [1.54, 1.807) is 7.05 Å². The fourth-order valence-corrected chi connectivity index (χ4v) is 3.40. The van der Waals surface area contributed by atoms with Gasteiger partial charge in [0.15, 0.2) is 0 Å². The SMILES string of the molecule is CNC(=O)[C@H]1C[C@@H]2CN(Cc3cccc(C)c3)C[C@H]1O2.O=C(O)C(F)(F)F. The lowest BCUT2D eigenvalue weighted by atomic mass is 10.00. The van der Waals surface area contributed by atoms with E-state index in [9.17, 15) is 18.0 Å². The van der Waals surface area contributed by atoms with Crippen molar-refractivity contribution < 1.29 is 32.6 Å². The molecule has 0 aliphatic carbocycles. The van der Waals surface area contributed by atoms with Crippen molar-refractivity contribution in [3.8, 4) is 0 Å². The number of carbonyl (C=O) groups excluding carboxylic acids is 1. The molecule has 1 aromatic rings. The number of benzene rings is 1. The van der Waals surface area contributed by atoms with Gasteiger partial charge in [0.1, 0.15) is 0 Å². The maximum Gasteiger partial charge on any atom is 0.490 e. The molecule has 2 heterocycles. The van der Waals surface area contributed by atoms with Crippen LogP contribution in [0.5, 0.6) is 0 Å². The van der Waals surface area contributed by atoms with E-state index in [-0.39, 0.29) is 24.0 Å². The maximum absolute atomic E-state index is 11.9. The van der Waals surface area contributed by atoms with E-state index >= 15 is 0 Å². The summed E-state index contributed by atoms with van der Waals surface area (Å²) in [7, 11) is 1.70. The molecule has 6 nitrogen and oxygen atoms in total. The Kier molecular flexibility index (Phi) is 6.83. The molecule has 1 amide bonds. The second kappa shape index (κ2) is 8.71. The van der Waals surface area contributed by atoms with Crippen LogP contribution in [0.1, 0.15) is 17.5 Å². The Labute approximate surface area is 155 Å². The zero-order chi connectivity index (χ0) is 20.2. The lowest BCUT2D eigenvalue weighted by molar-refractivity contribution is -0.192. The van der Waals surface area contributed by atoms with Crippen LogP contribution in [-0.4, -0.2) is 60.4 Å². The van der Waals surface area contributed by atoms with Gasteiger partial charge in [-0.25, -0.2) is 4.79 Å². The summed E-state index contributed by atoms with van der Waals surface area (Å²) in [4.78, 5) is 23.2. The van der Waals surface area contributed by atoms with Gasteiger partial charge in [0.25, 0.3) is 0 Å². The van der Waals surface area contributed by atoms with Crippen molar-refractivity contribution in [3.63, 3.8) is 0 Å². The first-order valence-electron chi connectivity index (χ1n) is 8.55. The number of ether oxygens (including phenoxy) is 1. The van der Waals surface area contributed by atoms with Gasteiger partial charge in [0.2, 0.25) is 5.91 Å². The number of nitrogens with one attached hydrogen (secondary N) is 1. The van der Waals surface area contributed by atoms with Crippen LogP contribution in [-0.2, 0) is 20.9 Å². The minimum atomic E-state index is -5.08. The highest BCUT2D eigenvalue weighted by Gasteiger charge is 2.44. The average Bonchev–Trinajstić information content (AvgIpc) is 2.88. The summed E-state index contributed by atoms with van der Waals surface area (Å²) in [6.07, 6.45) is -3.96. The van der Waals surface area contributed by atoms with Gasteiger partial charge < -0.3 is 15.2 Å². The Hall–Kier alpha value is -2.13. The Morgan fingerprint density at radius 3 is 2.56 bits per heavy atom. The number of aryl methyl sites for hydroxylation is 1. The molecule has 1 aromatic carbocycles. The van der Waals surface area contributed by atoms with Crippen molar-refractivity contribution in [1.82, 2.24) is 10.2 Å². The number of carbonyl (C=O) groups is 2. The van der Waals surface area contributed by atoms with Crippen LogP contribution in [0.15, 0.2) is 24.3 Å². The molecule has 2 aliphatic rings. The Morgan fingerprint density at radius 2 is 2.00 bits per heavy atom. The fraction of sp³-hybridized carbons (Fsp3) is 0.556. The van der Waals surface area contributed by atoms with Gasteiger partial charge in [-0.15, -0.1) is 0 Å². The summed E-state index contributed by atoms with van der Waals surface area (Å²) in [5.41, 5.74) is 2.63. The number of amides is 1. The van der Waals surface area contributed by atoms with Gasteiger partial charge in [-0.3, -0.25) is 9.69 Å². The van der Waals surface area contributed by atoms with E-state index in [0.717, 1.165) is 26.1 Å². The van der Waals surface area contributed by atoms with Gasteiger partial charge in [-0.1, -0.05) is 29.8 Å². The molecule has 0 radical (unpaired) electrons. The number of rotatable bonds is 3. The van der Waals surface area contributed by atoms with Crippen LogP contribution in [0, 0.1) is 12.8 Å². The van der Waals surface area contributed by atoms with Crippen molar-refractivity contribution in [2.24, 2.45) is 5.92 Å². The van der Waals surface area contributed by atoms with Gasteiger partial charge in [0.05, 0.1) is 18.1 Å². The fourth-order valence-electron chi connectivity index (χ4n) is 3.40. The first-order valence-corrected chi connectivity index (χ1v) is 8.55. The summed E-state index contributed by atoms with van der Waals surface area (Å²) in [5, 5.41) is 9.88. The van der Waals surface area contributed by atoms with Crippen molar-refractivity contribution in [3.05, 3.63) is 35.4 Å². The molecule has 0 spiro atoms. The summed E-state index contributed by atoms with van der Waals surface area (Å²) < 4.78 is 37.7. The molecule has 9 heteroatoms. The third-order valence-corrected chi connectivity index (χ3v) is 4.55. The van der Waals surface area contributed by atoms with Crippen molar-refractivity contribution in [2.45, 2.75) is 38.3 Å². The minimum Gasteiger partial charge on any atom is -0.475 e. The van der Waals surface area contributed by atoms with Crippen LogP contribution in [0.25, 0.3) is 0 Å². The average molecular weight is 388 g/mol. The van der Waals surface area contributed by atoms with Crippen molar-refractivity contribution >= 4 is 11.9 Å². The number of likely N-dealkylation sites (tertiary alicyclic amines) is 1. The molecule has 0 unspecified atom stereocenters. The van der Waals surface area contributed by atoms with E-state index in [4.69, 9.17) is 14.6 Å². The Bertz CT molecular complexity index is 681. The number of hydrogen-bond donors (Lipinski definition) is 2. The third-order valence-electron chi connectivity index (χ3n) is 4.55. The number of aliphatic carboxylic acids is 1. The van der Waals surface area contributed by atoms with Crippen LogP contribution >= 0.6 is 0 Å². The van der Waals surface area contributed by atoms with Crippen LogP contribution < -0.4 is 5.32 Å². The maximum atomic E-state index is 11.9. The van der Waals surface area contributed by atoms with E-state index in [2.05, 4.69) is 41.4 Å². The number of morpholine rings is 1. The highest BCUT2D eigenvalue weighted by molar-refractivity contribution is 5.79. The molecular weight excluding hydrogens is 365 g/mol. The quantitative estimate of drug-likeness (QED) is 0.828. The van der Waals surface area contributed by atoms with E-state index in [1.165, 1.54) is 11.1 Å². The molecule has 2 N–H and O–H groups in total. The van der Waals surface area contributed by atoms with Crippen LogP contribution in [0.4, 0.5) is 13.2 Å². The molecule has 27 heavy (non-hydrogen) atoms. The second-order valence-corrected chi connectivity index (χ2v) is 6.74. The number of fused-ring (bicyclic) bond motifs is 2. The van der Waals surface area contributed by atoms with Gasteiger partial charge in [-0.05, 0) is 18.9 Å². The molecule has 2 saturated heterocycles. The number of alkyl halides is 3. The lowest BCUT2D eigenvalue weighted by Gasteiger charge is -2.32. The van der Waals surface area contributed by atoms with E-state index in [0.29, 0.717) is 0 Å². The molecule has 2 fully saturated rings. The number of halogens is 3. The third kappa shape index (κ3) is 5.93. The van der Waals surface area contributed by atoms with E-state index in [1.807, 2.05) is 0 Å². The van der Waals surface area contributed by atoms with Gasteiger partial charge in [-0.2, -0.15) is 13.2 Å². The predicted molar refractivity (Wildman–Crippen MR) is 91.0 cm³/mol. The molecular formula is C18H23F3N2O4. The first-order chi connectivity index (χ1) is 12.6. The zero-order valence-electron chi connectivity index (χ0n) is 15.1. The topological polar surface area (TPSA) is 78.9 Å². The van der Waals surface area contributed by atoms with Crippen LogP contribution in [0.2, 0.25) is 0 Å². The number of hydrogen-bond acceptors (Lipinski definition) is 4. The highest BCUT2D eigenvalue weighted by atomic mass is 19.4. The predicted octanol–water partition coefficient (Wildman–Crippen LogP) is 1.96. The summed E-state index contributed by atoms with van der Waals surface area (Å²) in [5.74, 6) is -2.62. The first kappa shape index (κ1) is 21.2. The normalized spacial score (nSPS) is 24.7. The highest BCUT2D eigenvalue weighted by Crippen LogP contribution is 2.32. The molecule has 0 saturated carbocycles. The van der Waals surface area contributed by atoms with Crippen molar-refractivity contribution in [2.75, 3.05) is 20.1 Å².